The number of rotatable bonds is 20. The molecule has 7 aliphatic rings. The van der Waals surface area contributed by atoms with Crippen molar-refractivity contribution < 1.29 is 173 Å². The largest absolute Gasteiger partial charge is 0.394 e. The molecule has 37 nitrogen and oxygen atoms in total. The standard InChI is InChI=1S/C46H78N2O35/c1-10-21(57)26(62)30(66)43(71-10)80-36-18(9-54)77-42(83-39-24(60)14(5-50)74-45(32(39)68)79-35-16(7-52)72-40(70)29(65)28(35)64)20(48-12(3)56)37(36)81-46-33(69)38(23(59)15(6-51)75-46)82-41-19(47-11(2)55)25(61)34(17(8-53)76-41)78-44-31(67)27(63)22(58)13(4-49)73-44/h10,13-46,49-54,57-70H,4-9H2,1-3H3,(H,47,55)(H,48,56)/t10-,13+,14+,15+,16+,17+,18+,19+,20+,21+,22-,23-,24-,25+,26+,27-,28+,29+,30-,31+,32+,33+,34+,35+,36+,37+,38-,39-,40+,41-,42-,43-,44-,45-,46-/m0/s1. The van der Waals surface area contributed by atoms with Crippen LogP contribution in [0, 0.1) is 0 Å². The average Bonchev–Trinajstić information content (AvgIpc) is 3.65. The molecule has 7 fully saturated rings. The Labute approximate surface area is 470 Å². The lowest BCUT2D eigenvalue weighted by Crippen LogP contribution is -2.72. The Bertz CT molecular complexity index is 2040. The first-order chi connectivity index (χ1) is 39.2. The summed E-state index contributed by atoms with van der Waals surface area (Å²) in [5, 5.41) is 221. The van der Waals surface area contributed by atoms with Crippen molar-refractivity contribution in [3.05, 3.63) is 0 Å². The highest BCUT2D eigenvalue weighted by atomic mass is 16.8. The Hall–Kier alpha value is -2.38. The van der Waals surface area contributed by atoms with Crippen LogP contribution >= 0.6 is 0 Å². The van der Waals surface area contributed by atoms with Crippen LogP contribution in [0.25, 0.3) is 0 Å². The zero-order valence-corrected chi connectivity index (χ0v) is 44.5. The number of nitrogens with one attached hydrogen (secondary N) is 2. The molecule has 482 valence electrons. The van der Waals surface area contributed by atoms with E-state index in [1.54, 1.807) is 0 Å². The lowest BCUT2D eigenvalue weighted by molar-refractivity contribution is -0.396. The Morgan fingerprint density at radius 2 is 0.651 bits per heavy atom. The number of hydrogen-bond acceptors (Lipinski definition) is 35. The van der Waals surface area contributed by atoms with Gasteiger partial charge in [0.2, 0.25) is 11.8 Å². The predicted molar refractivity (Wildman–Crippen MR) is 254 cm³/mol. The molecular formula is C46H78N2O35. The number of hydrogen-bond donors (Lipinski definition) is 22. The number of ether oxygens (including phenoxy) is 13. The molecule has 7 saturated heterocycles. The van der Waals surface area contributed by atoms with Crippen molar-refractivity contribution in [1.29, 1.82) is 0 Å². The maximum Gasteiger partial charge on any atom is 0.217 e. The minimum atomic E-state index is -2.37. The monoisotopic (exact) mass is 1220 g/mol. The Balaban J connectivity index is 1.22. The number of carbonyl (C=O) groups excluding carboxylic acids is 2. The molecule has 35 atom stereocenters. The molecule has 2 amide bonds. The molecule has 7 aliphatic heterocycles. The summed E-state index contributed by atoms with van der Waals surface area (Å²) in [6, 6.07) is -3.77. The summed E-state index contributed by atoms with van der Waals surface area (Å²) in [4.78, 5) is 25.9. The summed E-state index contributed by atoms with van der Waals surface area (Å²) in [5.74, 6) is -1.83. The Kier molecular flexibility index (Phi) is 24.0. The molecule has 0 aromatic heterocycles. The second kappa shape index (κ2) is 29.3. The zero-order chi connectivity index (χ0) is 61.2. The summed E-state index contributed by atoms with van der Waals surface area (Å²) < 4.78 is 75.8. The van der Waals surface area contributed by atoms with Gasteiger partial charge in [-0.25, -0.2) is 0 Å². The molecule has 22 N–H and O–H groups in total. The van der Waals surface area contributed by atoms with E-state index in [9.17, 15) is 112 Å². The van der Waals surface area contributed by atoms with Crippen LogP contribution in [0.5, 0.6) is 0 Å². The summed E-state index contributed by atoms with van der Waals surface area (Å²) in [7, 11) is 0. The Morgan fingerprint density at radius 3 is 1.12 bits per heavy atom. The molecule has 37 heteroatoms. The van der Waals surface area contributed by atoms with Crippen LogP contribution in [0.1, 0.15) is 20.8 Å². The molecule has 0 saturated carbocycles. The van der Waals surface area contributed by atoms with Crippen LogP contribution in [-0.4, -0.2) is 368 Å². The van der Waals surface area contributed by atoms with E-state index in [0.29, 0.717) is 0 Å². The van der Waals surface area contributed by atoms with E-state index in [-0.39, 0.29) is 0 Å². The van der Waals surface area contributed by atoms with Gasteiger partial charge >= 0.3 is 0 Å². The average molecular weight is 1220 g/mol. The highest BCUT2D eigenvalue weighted by Gasteiger charge is 2.60. The van der Waals surface area contributed by atoms with Crippen LogP contribution in [0.4, 0.5) is 0 Å². The van der Waals surface area contributed by atoms with E-state index in [4.69, 9.17) is 61.6 Å². The van der Waals surface area contributed by atoms with Crippen molar-refractivity contribution in [2.45, 2.75) is 236 Å². The van der Waals surface area contributed by atoms with Gasteiger partial charge in [-0.1, -0.05) is 0 Å². The Morgan fingerprint density at radius 1 is 0.313 bits per heavy atom. The first-order valence-corrected chi connectivity index (χ1v) is 26.5. The fraction of sp³-hybridized carbons (Fsp3) is 0.957. The van der Waals surface area contributed by atoms with Crippen molar-refractivity contribution in [2.24, 2.45) is 0 Å². The molecule has 0 radical (unpaired) electrons. The maximum absolute atomic E-state index is 13.3. The quantitative estimate of drug-likeness (QED) is 0.0538. The fourth-order valence-electron chi connectivity index (χ4n) is 10.7. The third-order valence-electron chi connectivity index (χ3n) is 15.3. The van der Waals surface area contributed by atoms with Crippen molar-refractivity contribution in [2.75, 3.05) is 39.6 Å². The van der Waals surface area contributed by atoms with E-state index >= 15 is 0 Å². The van der Waals surface area contributed by atoms with Crippen LogP contribution in [0.2, 0.25) is 0 Å². The molecule has 7 heterocycles. The van der Waals surface area contributed by atoms with E-state index in [1.807, 2.05) is 0 Å². The molecule has 0 aromatic rings. The van der Waals surface area contributed by atoms with Crippen molar-refractivity contribution in [3.8, 4) is 0 Å². The van der Waals surface area contributed by atoms with Crippen LogP contribution in [0.3, 0.4) is 0 Å². The lowest BCUT2D eigenvalue weighted by Gasteiger charge is -2.52. The molecular weight excluding hydrogens is 1140 g/mol. The normalized spacial score (nSPS) is 50.8. The van der Waals surface area contributed by atoms with E-state index in [1.165, 1.54) is 6.92 Å². The molecule has 83 heavy (non-hydrogen) atoms. The number of amides is 2. The fourth-order valence-corrected chi connectivity index (χ4v) is 10.7. The van der Waals surface area contributed by atoms with Crippen LogP contribution in [0.15, 0.2) is 0 Å². The van der Waals surface area contributed by atoms with Gasteiger partial charge in [0.15, 0.2) is 44.0 Å². The van der Waals surface area contributed by atoms with Gasteiger partial charge in [0.25, 0.3) is 0 Å². The molecule has 0 bridgehead atoms. The molecule has 0 unspecified atom stereocenters. The highest BCUT2D eigenvalue weighted by Crippen LogP contribution is 2.39. The number of carbonyl (C=O) groups is 2. The first-order valence-electron chi connectivity index (χ1n) is 26.5. The first kappa shape index (κ1) is 68.1. The molecule has 0 aromatic carbocycles. The van der Waals surface area contributed by atoms with Gasteiger partial charge in [-0.05, 0) is 6.92 Å². The SMILES string of the molecule is CC(=O)N[C@H]1[C@H](O[C@H]2[C@@H](O)[C@@H](CO)O[C@@H](O[C@@H]3[C@@H](NC(C)=O)[C@H](O[C@H]4[C@@H](O)[C@@H](CO)O[C@@H](O[C@H]5[C@H](O)[C@@H](O)[C@H](O)O[C@@H]5CO)[C@@H]4O)O[C@H](CO)[C@H]3O[C@@H]3O[C@@H](C)[C@@H](O)[C@@H](O)[C@@H]3O)[C@@H]2O)O[C@H](CO)[C@@H](O[C@@H]2O[C@H](CO)[C@H](O)[C@H](O)[C@H]2O)[C@@H]1O. The van der Waals surface area contributed by atoms with E-state index in [0.717, 1.165) is 13.8 Å². The minimum absolute atomic E-state index is 0.875. The van der Waals surface area contributed by atoms with Gasteiger partial charge in [-0.3, -0.25) is 9.59 Å². The lowest BCUT2D eigenvalue weighted by atomic mass is 9.93. The summed E-state index contributed by atoms with van der Waals surface area (Å²) in [6.07, 6.45) is -64.4. The summed E-state index contributed by atoms with van der Waals surface area (Å²) in [6.45, 7) is -2.96. The number of aliphatic hydroxyl groups is 20. The van der Waals surface area contributed by atoms with Crippen LogP contribution in [-0.2, 0) is 71.2 Å². The second-order valence-corrected chi connectivity index (χ2v) is 21.0. The molecule has 0 aliphatic carbocycles. The predicted octanol–water partition coefficient (Wildman–Crippen LogP) is -15.0. The minimum Gasteiger partial charge on any atom is -0.394 e. The van der Waals surface area contributed by atoms with Crippen molar-refractivity contribution >= 4 is 11.8 Å². The highest BCUT2D eigenvalue weighted by molar-refractivity contribution is 5.73. The summed E-state index contributed by atoms with van der Waals surface area (Å²) in [5.41, 5.74) is 0. The third kappa shape index (κ3) is 14.5. The van der Waals surface area contributed by atoms with Gasteiger partial charge in [-0.15, -0.1) is 0 Å². The topological polar surface area (TPSA) is 583 Å². The van der Waals surface area contributed by atoms with Crippen molar-refractivity contribution in [3.63, 3.8) is 0 Å². The van der Waals surface area contributed by atoms with Gasteiger partial charge in [-0.2, -0.15) is 0 Å². The second-order valence-electron chi connectivity index (χ2n) is 21.0. The molecule has 7 rings (SSSR count). The van der Waals surface area contributed by atoms with Crippen LogP contribution < -0.4 is 10.6 Å². The van der Waals surface area contributed by atoms with Gasteiger partial charge < -0.3 is 174 Å². The van der Waals surface area contributed by atoms with Gasteiger partial charge in [0, 0.05) is 13.8 Å². The van der Waals surface area contributed by atoms with Gasteiger partial charge in [0.1, 0.15) is 165 Å². The third-order valence-corrected chi connectivity index (χ3v) is 15.3. The molecule has 0 spiro atoms. The van der Waals surface area contributed by atoms with E-state index in [2.05, 4.69) is 10.6 Å². The maximum atomic E-state index is 13.3. The van der Waals surface area contributed by atoms with Gasteiger partial charge in [0.05, 0.1) is 45.7 Å². The number of aliphatic hydroxyl groups excluding tert-OH is 20. The summed E-state index contributed by atoms with van der Waals surface area (Å²) >= 11 is 0. The smallest absolute Gasteiger partial charge is 0.217 e. The van der Waals surface area contributed by atoms with E-state index < -0.39 is 266 Å². The zero-order valence-electron chi connectivity index (χ0n) is 44.5. The van der Waals surface area contributed by atoms with Crippen molar-refractivity contribution in [1.82, 2.24) is 10.6 Å².